The Morgan fingerprint density at radius 3 is 2.70 bits per heavy atom. The van der Waals surface area contributed by atoms with Gasteiger partial charge in [0.2, 0.25) is 5.91 Å². The highest BCUT2D eigenvalue weighted by Gasteiger charge is 2.77. The van der Waals surface area contributed by atoms with Crippen LogP contribution in [-0.2, 0) is 14.3 Å². The molecule has 6 fully saturated rings. The molecule has 7 nitrogen and oxygen atoms in total. The first-order valence-electron chi connectivity index (χ1n) is 17.4. The SMILES string of the molecule is C=C(NC(C)=O)C(=O)NCCN1CC(C)CC2OC3(CCC4C5CCC6=CC(O)CCC6(C)C5CC45CC5(C)C3)[C@H](C)C21. The molecule has 2 spiro atoms. The maximum Gasteiger partial charge on any atom is 0.267 e. The summed E-state index contributed by atoms with van der Waals surface area (Å²) in [5, 5.41) is 15.9. The molecule has 2 saturated heterocycles. The lowest BCUT2D eigenvalue weighted by Gasteiger charge is -2.49. The molecule has 12 atom stereocenters. The molecule has 3 N–H and O–H groups in total. The van der Waals surface area contributed by atoms with Gasteiger partial charge in [0.15, 0.2) is 0 Å². The Bertz CT molecular complexity index is 1230. The summed E-state index contributed by atoms with van der Waals surface area (Å²) < 4.78 is 7.35. The molecule has 7 aliphatic rings. The normalized spacial score (nSPS) is 49.9. The van der Waals surface area contributed by atoms with E-state index in [2.05, 4.69) is 55.9 Å². The topological polar surface area (TPSA) is 90.9 Å². The third-order valence-corrected chi connectivity index (χ3v) is 14.3. The monoisotopic (exact) mass is 593 g/mol. The molecule has 2 heterocycles. The van der Waals surface area contributed by atoms with E-state index in [-0.39, 0.29) is 40.7 Å². The Morgan fingerprint density at radius 2 is 1.93 bits per heavy atom. The average Bonchev–Trinajstić information content (AvgIpc) is 3.24. The number of rotatable bonds is 5. The number of allylic oxidation sites excluding steroid dienone is 1. The van der Waals surface area contributed by atoms with Gasteiger partial charge in [0.25, 0.3) is 5.91 Å². The lowest BCUT2D eigenvalue weighted by molar-refractivity contribution is -0.122. The Morgan fingerprint density at radius 1 is 1.14 bits per heavy atom. The summed E-state index contributed by atoms with van der Waals surface area (Å²) in [4.78, 5) is 26.4. The van der Waals surface area contributed by atoms with Gasteiger partial charge in [0.1, 0.15) is 0 Å². The van der Waals surface area contributed by atoms with Crippen molar-refractivity contribution in [1.82, 2.24) is 15.5 Å². The van der Waals surface area contributed by atoms with Crippen LogP contribution in [0.25, 0.3) is 0 Å². The van der Waals surface area contributed by atoms with Crippen molar-refractivity contribution >= 4 is 11.8 Å². The Labute approximate surface area is 258 Å². The Kier molecular flexibility index (Phi) is 7.08. The molecule has 0 aromatic heterocycles. The number of fused-ring (bicyclic) bond motifs is 5. The molecule has 0 aromatic rings. The summed E-state index contributed by atoms with van der Waals surface area (Å²) in [7, 11) is 0. The van der Waals surface area contributed by atoms with E-state index in [1.807, 2.05) is 0 Å². The van der Waals surface area contributed by atoms with Gasteiger partial charge < -0.3 is 20.5 Å². The van der Waals surface area contributed by atoms with Crippen LogP contribution in [0.15, 0.2) is 23.9 Å². The summed E-state index contributed by atoms with van der Waals surface area (Å²) in [5.74, 6) is 2.83. The molecular formula is C36H55N3O4. The van der Waals surface area contributed by atoms with Gasteiger partial charge >= 0.3 is 0 Å². The fraction of sp³-hybridized carbons (Fsp3) is 0.833. The van der Waals surface area contributed by atoms with Crippen molar-refractivity contribution in [3.05, 3.63) is 23.9 Å². The van der Waals surface area contributed by atoms with Crippen molar-refractivity contribution in [3.8, 4) is 0 Å². The highest BCUT2D eigenvalue weighted by molar-refractivity contribution is 5.96. The van der Waals surface area contributed by atoms with Crippen LogP contribution < -0.4 is 10.6 Å². The number of hydrogen-bond donors (Lipinski definition) is 3. The molecule has 0 bridgehead atoms. The number of nitrogens with zero attached hydrogens (tertiary/aromatic N) is 1. The van der Waals surface area contributed by atoms with E-state index in [1.165, 1.54) is 51.9 Å². The summed E-state index contributed by atoms with van der Waals surface area (Å²) in [6.07, 6.45) is 14.4. The maximum atomic E-state index is 12.5. The minimum Gasteiger partial charge on any atom is -0.389 e. The third-order valence-electron chi connectivity index (χ3n) is 14.3. The van der Waals surface area contributed by atoms with Crippen LogP contribution in [-0.4, -0.2) is 65.3 Å². The zero-order valence-corrected chi connectivity index (χ0v) is 27.2. The van der Waals surface area contributed by atoms with Crippen LogP contribution >= 0.6 is 0 Å². The van der Waals surface area contributed by atoms with Crippen LogP contribution in [0.3, 0.4) is 0 Å². The van der Waals surface area contributed by atoms with Gasteiger partial charge in [-0.25, -0.2) is 0 Å². The van der Waals surface area contributed by atoms with Crippen molar-refractivity contribution in [2.24, 2.45) is 45.8 Å². The van der Waals surface area contributed by atoms with E-state index in [0.29, 0.717) is 35.3 Å². The number of nitrogens with one attached hydrogen (secondary N) is 2. The number of likely N-dealkylation sites (tertiary alicyclic amines) is 1. The van der Waals surface area contributed by atoms with E-state index in [9.17, 15) is 14.7 Å². The quantitative estimate of drug-likeness (QED) is 0.310. The lowest BCUT2D eigenvalue weighted by Crippen LogP contribution is -2.53. The third kappa shape index (κ3) is 4.52. The van der Waals surface area contributed by atoms with E-state index in [1.54, 1.807) is 5.57 Å². The van der Waals surface area contributed by atoms with Crippen LogP contribution in [0, 0.1) is 45.8 Å². The minimum atomic E-state index is -0.312. The van der Waals surface area contributed by atoms with E-state index < -0.39 is 0 Å². The largest absolute Gasteiger partial charge is 0.389 e. The van der Waals surface area contributed by atoms with E-state index >= 15 is 0 Å². The first-order chi connectivity index (χ1) is 20.3. The van der Waals surface area contributed by atoms with Crippen LogP contribution in [0.5, 0.6) is 0 Å². The number of aliphatic hydroxyl groups is 1. The lowest BCUT2D eigenvalue weighted by atomic mass is 9.56. The predicted molar refractivity (Wildman–Crippen MR) is 167 cm³/mol. The molecule has 2 aliphatic heterocycles. The van der Waals surface area contributed by atoms with Gasteiger partial charge in [-0.3, -0.25) is 14.5 Å². The molecule has 2 amide bonds. The van der Waals surface area contributed by atoms with Crippen molar-refractivity contribution < 1.29 is 19.4 Å². The van der Waals surface area contributed by atoms with Crippen molar-refractivity contribution in [1.29, 1.82) is 0 Å². The second kappa shape index (κ2) is 10.2. The summed E-state index contributed by atoms with van der Waals surface area (Å²) in [6, 6.07) is 0.380. The molecule has 7 heteroatoms. The molecule has 43 heavy (non-hydrogen) atoms. The van der Waals surface area contributed by atoms with E-state index in [0.717, 1.165) is 50.1 Å². The van der Waals surface area contributed by atoms with Crippen molar-refractivity contribution in [2.75, 3.05) is 19.6 Å². The van der Waals surface area contributed by atoms with Crippen molar-refractivity contribution in [2.45, 2.75) is 123 Å². The molecule has 4 saturated carbocycles. The van der Waals surface area contributed by atoms with E-state index in [4.69, 9.17) is 4.74 Å². The van der Waals surface area contributed by atoms with Gasteiger partial charge in [0.05, 0.1) is 23.5 Å². The summed E-state index contributed by atoms with van der Waals surface area (Å²) in [5.41, 5.74) is 2.74. The fourth-order valence-electron chi connectivity index (χ4n) is 12.4. The number of aliphatic hydroxyl groups excluding tert-OH is 1. The number of hydrogen-bond acceptors (Lipinski definition) is 5. The number of carbonyl (C=O) groups excluding carboxylic acids is 2. The minimum absolute atomic E-state index is 0.0583. The number of amides is 2. The maximum absolute atomic E-state index is 12.5. The van der Waals surface area contributed by atoms with Crippen LogP contribution in [0.2, 0.25) is 0 Å². The Hall–Kier alpha value is -1.70. The number of ether oxygens (including phenoxy) is 1. The first-order valence-corrected chi connectivity index (χ1v) is 17.4. The van der Waals surface area contributed by atoms with Crippen molar-refractivity contribution in [3.63, 3.8) is 0 Å². The van der Waals surface area contributed by atoms with Crippen LogP contribution in [0.1, 0.15) is 98.8 Å². The fourth-order valence-corrected chi connectivity index (χ4v) is 12.4. The summed E-state index contributed by atoms with van der Waals surface area (Å²) >= 11 is 0. The van der Waals surface area contributed by atoms with Gasteiger partial charge in [-0.05, 0) is 104 Å². The molecule has 0 radical (unpaired) electrons. The number of piperidine rings is 1. The smallest absolute Gasteiger partial charge is 0.267 e. The second-order valence-electron chi connectivity index (χ2n) is 16.7. The van der Waals surface area contributed by atoms with Crippen LogP contribution in [0.4, 0.5) is 0 Å². The highest BCUT2D eigenvalue weighted by atomic mass is 16.5. The zero-order chi connectivity index (χ0) is 30.5. The van der Waals surface area contributed by atoms with Gasteiger partial charge in [-0.15, -0.1) is 0 Å². The first kappa shape index (κ1) is 30.0. The molecule has 0 aromatic carbocycles. The number of carbonyl (C=O) groups is 2. The van der Waals surface area contributed by atoms with Gasteiger partial charge in [-0.2, -0.15) is 0 Å². The zero-order valence-electron chi connectivity index (χ0n) is 27.2. The molecule has 5 aliphatic carbocycles. The Balaban J connectivity index is 1.07. The second-order valence-corrected chi connectivity index (χ2v) is 16.7. The molecular weight excluding hydrogens is 538 g/mol. The summed E-state index contributed by atoms with van der Waals surface area (Å²) in [6.45, 7) is 17.4. The molecule has 7 rings (SSSR count). The predicted octanol–water partition coefficient (Wildman–Crippen LogP) is 4.95. The average molecular weight is 594 g/mol. The van der Waals surface area contributed by atoms with Gasteiger partial charge in [-0.1, -0.05) is 45.9 Å². The molecule has 238 valence electrons. The molecule has 11 unspecified atom stereocenters. The highest BCUT2D eigenvalue weighted by Crippen LogP contribution is 2.83. The standard InChI is InChI=1S/C36H55N3O4/c1-21-15-30-31(39(18-21)14-13-37-32(42)23(3)38-24(4)40)22(2)36(43-30)12-10-28-27-8-7-25-16-26(41)9-11-34(25,6)29(27)17-35(28)19-33(35,5)20-36/h16,21-22,26-31,41H,3,7-15,17-20H2,1-2,4-6H3,(H,37,42)(H,38,40)/t21?,22-,26?,27?,28?,29?,30?,31?,33?,34?,35?,36?/m1/s1. The van der Waals surface area contributed by atoms with Gasteiger partial charge in [0, 0.05) is 38.5 Å².